The zero-order valence-electron chi connectivity index (χ0n) is 12.3. The van der Waals surface area contributed by atoms with Crippen molar-refractivity contribution in [2.45, 2.75) is 11.4 Å². The Kier molecular flexibility index (Phi) is 3.87. The topological polar surface area (TPSA) is 176 Å². The lowest BCUT2D eigenvalue weighted by molar-refractivity contribution is 0.598. The lowest BCUT2D eigenvalue weighted by Gasteiger charge is -2.08. The zero-order chi connectivity index (χ0) is 17.3. The summed E-state index contributed by atoms with van der Waals surface area (Å²) in [7, 11) is -3.71. The van der Waals surface area contributed by atoms with E-state index >= 15 is 0 Å². The molecule has 0 bridgehead atoms. The molecular weight excluding hydrogens is 332 g/mol. The van der Waals surface area contributed by atoms with Gasteiger partial charge in [-0.3, -0.25) is 0 Å². The number of sulfonamides is 1. The summed E-state index contributed by atoms with van der Waals surface area (Å²) >= 11 is 0. The minimum atomic E-state index is -3.71. The number of nitrogens with two attached hydrogens (primary N) is 3. The standard InChI is InChI=1S/C13H14N8O2S/c14-11-10-12(21-13(15)20-11)18-6-8(19-10)5-17-7-1-3-9(4-2-7)24(16,22)23/h1-4,6,17H,5H2,(H2,16,22,23)(H4,14,15,18,20,21). The Morgan fingerprint density at radius 3 is 2.42 bits per heavy atom. The average Bonchev–Trinajstić information content (AvgIpc) is 2.52. The summed E-state index contributed by atoms with van der Waals surface area (Å²) in [5.74, 6) is 0.194. The first-order chi connectivity index (χ1) is 11.3. The number of hydrogen-bond donors (Lipinski definition) is 4. The third-order valence-electron chi connectivity index (χ3n) is 3.16. The third-order valence-corrected chi connectivity index (χ3v) is 4.09. The van der Waals surface area contributed by atoms with E-state index in [9.17, 15) is 8.42 Å². The Morgan fingerprint density at radius 2 is 1.75 bits per heavy atom. The second-order valence-electron chi connectivity index (χ2n) is 4.92. The van der Waals surface area contributed by atoms with Crippen LogP contribution in [0, 0.1) is 0 Å². The summed E-state index contributed by atoms with van der Waals surface area (Å²) in [5, 5.41) is 8.14. The Balaban J connectivity index is 1.78. The van der Waals surface area contributed by atoms with E-state index in [4.69, 9.17) is 16.6 Å². The Hall–Kier alpha value is -3.05. The van der Waals surface area contributed by atoms with Crippen molar-refractivity contribution in [1.82, 2.24) is 19.9 Å². The van der Waals surface area contributed by atoms with Gasteiger partial charge in [0.15, 0.2) is 17.0 Å². The van der Waals surface area contributed by atoms with E-state index in [0.717, 1.165) is 0 Å². The van der Waals surface area contributed by atoms with Crippen LogP contribution in [0.1, 0.15) is 5.69 Å². The monoisotopic (exact) mass is 346 g/mol. The highest BCUT2D eigenvalue weighted by molar-refractivity contribution is 7.89. The number of primary sulfonamides is 1. The molecule has 124 valence electrons. The minimum absolute atomic E-state index is 0.0371. The lowest BCUT2D eigenvalue weighted by atomic mass is 10.3. The third kappa shape index (κ3) is 3.31. The van der Waals surface area contributed by atoms with Gasteiger partial charge in [0.05, 0.1) is 23.3 Å². The maximum Gasteiger partial charge on any atom is 0.238 e. The fourth-order valence-electron chi connectivity index (χ4n) is 2.02. The first kappa shape index (κ1) is 15.8. The van der Waals surface area contributed by atoms with Crippen LogP contribution >= 0.6 is 0 Å². The molecule has 3 aromatic rings. The number of rotatable bonds is 4. The molecule has 3 rings (SSSR count). The van der Waals surface area contributed by atoms with E-state index < -0.39 is 10.0 Å². The summed E-state index contributed by atoms with van der Waals surface area (Å²) in [4.78, 5) is 16.3. The van der Waals surface area contributed by atoms with Gasteiger partial charge >= 0.3 is 0 Å². The van der Waals surface area contributed by atoms with Crippen molar-refractivity contribution in [2.75, 3.05) is 16.8 Å². The maximum atomic E-state index is 11.2. The first-order valence-corrected chi connectivity index (χ1v) is 8.29. The highest BCUT2D eigenvalue weighted by atomic mass is 32.2. The smallest absolute Gasteiger partial charge is 0.238 e. The number of hydrogen-bond acceptors (Lipinski definition) is 9. The number of anilines is 3. The van der Waals surface area contributed by atoms with Gasteiger partial charge in [0.25, 0.3) is 0 Å². The molecular formula is C13H14N8O2S. The molecule has 10 nitrogen and oxygen atoms in total. The van der Waals surface area contributed by atoms with Gasteiger partial charge in [0, 0.05) is 5.69 Å². The molecule has 1 aromatic carbocycles. The number of fused-ring (bicyclic) bond motifs is 1. The molecule has 0 aliphatic carbocycles. The van der Waals surface area contributed by atoms with Crippen molar-refractivity contribution < 1.29 is 8.42 Å². The van der Waals surface area contributed by atoms with E-state index in [1.165, 1.54) is 12.1 Å². The molecule has 0 spiro atoms. The molecule has 0 amide bonds. The van der Waals surface area contributed by atoms with Crippen LogP contribution in [0.15, 0.2) is 35.4 Å². The summed E-state index contributed by atoms with van der Waals surface area (Å²) in [5.41, 5.74) is 13.3. The maximum absolute atomic E-state index is 11.2. The van der Waals surface area contributed by atoms with E-state index in [-0.39, 0.29) is 16.7 Å². The van der Waals surface area contributed by atoms with Crippen LogP contribution in [0.5, 0.6) is 0 Å². The van der Waals surface area contributed by atoms with E-state index in [2.05, 4.69) is 25.3 Å². The van der Waals surface area contributed by atoms with E-state index in [1.54, 1.807) is 18.3 Å². The average molecular weight is 346 g/mol. The first-order valence-electron chi connectivity index (χ1n) is 6.74. The van der Waals surface area contributed by atoms with Crippen molar-refractivity contribution >= 4 is 38.6 Å². The van der Waals surface area contributed by atoms with Crippen LogP contribution < -0.4 is 21.9 Å². The molecule has 24 heavy (non-hydrogen) atoms. The van der Waals surface area contributed by atoms with Crippen LogP contribution in [0.2, 0.25) is 0 Å². The Labute approximate surface area is 137 Å². The van der Waals surface area contributed by atoms with Gasteiger partial charge in [-0.1, -0.05) is 0 Å². The van der Waals surface area contributed by atoms with Gasteiger partial charge < -0.3 is 16.8 Å². The molecule has 0 saturated heterocycles. The van der Waals surface area contributed by atoms with Gasteiger partial charge in [-0.2, -0.15) is 9.97 Å². The molecule has 2 aromatic heterocycles. The molecule has 0 atom stereocenters. The van der Waals surface area contributed by atoms with E-state index in [0.29, 0.717) is 29.1 Å². The van der Waals surface area contributed by atoms with Crippen molar-refractivity contribution in [2.24, 2.45) is 5.14 Å². The van der Waals surface area contributed by atoms with Gasteiger partial charge in [0.2, 0.25) is 16.0 Å². The molecule has 0 saturated carbocycles. The van der Waals surface area contributed by atoms with Gasteiger partial charge in [-0.15, -0.1) is 0 Å². The largest absolute Gasteiger partial charge is 0.382 e. The molecule has 0 unspecified atom stereocenters. The molecule has 7 N–H and O–H groups in total. The van der Waals surface area contributed by atoms with Crippen LogP contribution in [-0.2, 0) is 16.6 Å². The number of nitrogens with one attached hydrogen (secondary N) is 1. The van der Waals surface area contributed by atoms with Crippen molar-refractivity contribution in [1.29, 1.82) is 0 Å². The second-order valence-corrected chi connectivity index (χ2v) is 6.48. The molecule has 0 aliphatic rings. The highest BCUT2D eigenvalue weighted by Crippen LogP contribution is 2.16. The predicted octanol–water partition coefficient (Wildman–Crippen LogP) is -0.156. The quantitative estimate of drug-likeness (QED) is 0.500. The number of nitrogen functional groups attached to an aromatic ring is 2. The zero-order valence-corrected chi connectivity index (χ0v) is 13.2. The number of nitrogens with zero attached hydrogens (tertiary/aromatic N) is 4. The van der Waals surface area contributed by atoms with Crippen molar-refractivity contribution in [3.8, 4) is 0 Å². The van der Waals surface area contributed by atoms with Crippen LogP contribution in [0.4, 0.5) is 17.5 Å². The fourth-order valence-corrected chi connectivity index (χ4v) is 2.54. The van der Waals surface area contributed by atoms with Gasteiger partial charge in [-0.05, 0) is 24.3 Å². The minimum Gasteiger partial charge on any atom is -0.382 e. The summed E-state index contributed by atoms with van der Waals surface area (Å²) in [6.45, 7) is 0.349. The van der Waals surface area contributed by atoms with Crippen LogP contribution in [-0.4, -0.2) is 28.4 Å². The van der Waals surface area contributed by atoms with Crippen LogP contribution in [0.3, 0.4) is 0 Å². The Morgan fingerprint density at radius 1 is 1.04 bits per heavy atom. The van der Waals surface area contributed by atoms with Crippen LogP contribution in [0.25, 0.3) is 11.2 Å². The predicted molar refractivity (Wildman–Crippen MR) is 89.1 cm³/mol. The Bertz CT molecular complexity index is 1000. The van der Waals surface area contributed by atoms with Crippen molar-refractivity contribution in [3.63, 3.8) is 0 Å². The molecule has 11 heteroatoms. The summed E-state index contributed by atoms with van der Waals surface area (Å²) in [6, 6.07) is 6.04. The van der Waals surface area contributed by atoms with Gasteiger partial charge in [-0.25, -0.2) is 23.5 Å². The number of benzene rings is 1. The van der Waals surface area contributed by atoms with Gasteiger partial charge in [0.1, 0.15) is 0 Å². The molecule has 0 aliphatic heterocycles. The summed E-state index contributed by atoms with van der Waals surface area (Å²) < 4.78 is 22.4. The van der Waals surface area contributed by atoms with Crippen molar-refractivity contribution in [3.05, 3.63) is 36.2 Å². The molecule has 0 fully saturated rings. The fraction of sp³-hybridized carbons (Fsp3) is 0.0769. The normalized spacial score (nSPS) is 11.5. The molecule has 0 radical (unpaired) electrons. The summed E-state index contributed by atoms with van der Waals surface area (Å²) in [6.07, 6.45) is 1.54. The number of aromatic nitrogens is 4. The second kappa shape index (κ2) is 5.86. The SMILES string of the molecule is Nc1nc(N)c2nc(CNc3ccc(S(N)(=O)=O)cc3)cnc2n1. The van der Waals surface area contributed by atoms with E-state index in [1.807, 2.05) is 0 Å². The molecule has 2 heterocycles. The lowest BCUT2D eigenvalue weighted by Crippen LogP contribution is -2.12. The highest BCUT2D eigenvalue weighted by Gasteiger charge is 2.09.